The van der Waals surface area contributed by atoms with E-state index in [0.29, 0.717) is 18.1 Å². The maximum Gasteiger partial charge on any atom is 0.116 e. The first kappa shape index (κ1) is 20.4. The van der Waals surface area contributed by atoms with Gasteiger partial charge in [-0.15, -0.1) is 0 Å². The molecule has 7 aliphatic rings. The summed E-state index contributed by atoms with van der Waals surface area (Å²) in [5, 5.41) is 10.3. The van der Waals surface area contributed by atoms with Gasteiger partial charge >= 0.3 is 0 Å². The number of aliphatic hydroxyl groups is 1. The highest BCUT2D eigenvalue weighted by molar-refractivity contribution is 4.97. The van der Waals surface area contributed by atoms with Crippen LogP contribution in [0, 0.1) is 23.7 Å². The molecule has 9 atom stereocenters. The van der Waals surface area contributed by atoms with E-state index in [2.05, 4.69) is 23.9 Å². The van der Waals surface area contributed by atoms with E-state index in [1.807, 2.05) is 0 Å². The van der Waals surface area contributed by atoms with Crippen LogP contribution in [0.3, 0.4) is 0 Å². The third kappa shape index (κ3) is 3.39. The molecule has 0 aromatic carbocycles. The molecule has 9 unspecified atom stereocenters. The molecule has 7 fully saturated rings. The normalized spacial score (nSPS) is 54.3. The lowest BCUT2D eigenvalue weighted by molar-refractivity contribution is -0.935. The molecule has 7 saturated heterocycles. The lowest BCUT2D eigenvalue weighted by Gasteiger charge is -2.46. The molecule has 1 N–H and O–H groups in total. The summed E-state index contributed by atoms with van der Waals surface area (Å²) in [5.74, 6) is 3.33. The van der Waals surface area contributed by atoms with Crippen molar-refractivity contribution in [1.29, 1.82) is 0 Å². The van der Waals surface area contributed by atoms with E-state index in [1.165, 1.54) is 69.1 Å². The maximum absolute atomic E-state index is 10.3. The second-order valence-electron chi connectivity index (χ2n) is 12.3. The molecule has 0 radical (unpaired) electrons. The van der Waals surface area contributed by atoms with Crippen LogP contribution in [0.15, 0.2) is 0 Å². The number of fused-ring (bicyclic) bond motifs is 8. The van der Waals surface area contributed by atoms with Crippen LogP contribution >= 0.6 is 0 Å². The molecule has 5 nitrogen and oxygen atoms in total. The van der Waals surface area contributed by atoms with Crippen molar-refractivity contribution in [3.63, 3.8) is 0 Å². The van der Waals surface area contributed by atoms with Crippen molar-refractivity contribution in [3.05, 3.63) is 0 Å². The standard InChI is InChI=1S/C25H44N3O2/c1-28(2)21-3-4-24(30-25-15-20-16-27(25)12-8-23(20)29)22(28)14-19(21)13-18-7-11-26-9-5-17(18)6-10-26/h17-25,29H,3-16H2,1-2H3/q+1. The Hall–Kier alpha value is -0.200. The molecule has 0 aliphatic carbocycles. The molecule has 30 heavy (non-hydrogen) atoms. The molecule has 7 rings (SSSR count). The van der Waals surface area contributed by atoms with Gasteiger partial charge in [-0.3, -0.25) is 4.90 Å². The Morgan fingerprint density at radius 2 is 1.63 bits per heavy atom. The second-order valence-corrected chi connectivity index (χ2v) is 12.3. The van der Waals surface area contributed by atoms with Crippen LogP contribution in [0.1, 0.15) is 57.8 Å². The summed E-state index contributed by atoms with van der Waals surface area (Å²) in [6.45, 7) is 6.15. The molecule has 0 aromatic rings. The van der Waals surface area contributed by atoms with Gasteiger partial charge in [-0.2, -0.15) is 0 Å². The van der Waals surface area contributed by atoms with Crippen molar-refractivity contribution < 1.29 is 14.3 Å². The van der Waals surface area contributed by atoms with E-state index < -0.39 is 0 Å². The Kier molecular flexibility index (Phi) is 5.23. The van der Waals surface area contributed by atoms with Crippen LogP contribution in [-0.4, -0.2) is 96.7 Å². The average Bonchev–Trinajstić information content (AvgIpc) is 2.93. The summed E-state index contributed by atoms with van der Waals surface area (Å²) in [4.78, 5) is 5.24. The number of nitrogens with zero attached hydrogens (tertiary/aromatic N) is 3. The first-order valence-corrected chi connectivity index (χ1v) is 13.1. The number of aliphatic hydroxyl groups excluding tert-OH is 1. The minimum absolute atomic E-state index is 0.0974. The van der Waals surface area contributed by atoms with Gasteiger partial charge in [0.2, 0.25) is 0 Å². The summed E-state index contributed by atoms with van der Waals surface area (Å²) in [6, 6.07) is 1.52. The lowest BCUT2D eigenvalue weighted by Crippen LogP contribution is -2.60. The summed E-state index contributed by atoms with van der Waals surface area (Å²) in [7, 11) is 5.01. The zero-order valence-corrected chi connectivity index (χ0v) is 19.3. The maximum atomic E-state index is 10.3. The van der Waals surface area contributed by atoms with E-state index in [4.69, 9.17) is 4.74 Å². The zero-order valence-electron chi connectivity index (χ0n) is 19.3. The smallest absolute Gasteiger partial charge is 0.116 e. The number of piperidine rings is 3. The van der Waals surface area contributed by atoms with Crippen LogP contribution in [0.5, 0.6) is 0 Å². The largest absolute Gasteiger partial charge is 0.393 e. The Labute approximate surface area is 183 Å². The first-order valence-electron chi connectivity index (χ1n) is 13.1. The summed E-state index contributed by atoms with van der Waals surface area (Å²) in [6.07, 6.45) is 12.4. The van der Waals surface area contributed by atoms with Crippen molar-refractivity contribution in [2.75, 3.05) is 46.8 Å². The van der Waals surface area contributed by atoms with Gasteiger partial charge in [0.1, 0.15) is 18.4 Å². The Morgan fingerprint density at radius 1 is 0.833 bits per heavy atom. The van der Waals surface area contributed by atoms with E-state index in [1.54, 1.807) is 0 Å². The highest BCUT2D eigenvalue weighted by Crippen LogP contribution is 2.49. The molecule has 5 heteroatoms. The van der Waals surface area contributed by atoms with E-state index >= 15 is 0 Å². The van der Waals surface area contributed by atoms with Crippen LogP contribution in [0.2, 0.25) is 0 Å². The number of rotatable bonds is 4. The van der Waals surface area contributed by atoms with Crippen molar-refractivity contribution in [3.8, 4) is 0 Å². The van der Waals surface area contributed by atoms with Gasteiger partial charge < -0.3 is 19.2 Å². The Morgan fingerprint density at radius 3 is 2.43 bits per heavy atom. The van der Waals surface area contributed by atoms with Gasteiger partial charge in [0, 0.05) is 37.8 Å². The first-order chi connectivity index (χ1) is 14.5. The quantitative estimate of drug-likeness (QED) is 0.712. The minimum Gasteiger partial charge on any atom is -0.393 e. The highest BCUT2D eigenvalue weighted by Gasteiger charge is 2.57. The van der Waals surface area contributed by atoms with Crippen molar-refractivity contribution >= 4 is 0 Å². The van der Waals surface area contributed by atoms with E-state index in [-0.39, 0.29) is 12.3 Å². The van der Waals surface area contributed by atoms with Gasteiger partial charge in [-0.1, -0.05) is 0 Å². The average molecular weight is 419 g/mol. The summed E-state index contributed by atoms with van der Waals surface area (Å²) < 4.78 is 8.07. The summed E-state index contributed by atoms with van der Waals surface area (Å²) in [5.41, 5.74) is 0. The Balaban J connectivity index is 1.13. The van der Waals surface area contributed by atoms with Crippen LogP contribution in [-0.2, 0) is 4.74 Å². The van der Waals surface area contributed by atoms with E-state index in [9.17, 15) is 5.11 Å². The number of quaternary nitrogens is 1. The third-order valence-electron chi connectivity index (χ3n) is 10.7. The Bertz CT molecular complexity index is 634. The van der Waals surface area contributed by atoms with Gasteiger partial charge in [-0.05, 0) is 76.4 Å². The van der Waals surface area contributed by atoms with Crippen molar-refractivity contribution in [2.45, 2.75) is 88.3 Å². The molecular weight excluding hydrogens is 374 g/mol. The van der Waals surface area contributed by atoms with Gasteiger partial charge in [-0.25, -0.2) is 0 Å². The molecule has 6 bridgehead atoms. The fraction of sp³-hybridized carbons (Fsp3) is 1.00. The topological polar surface area (TPSA) is 35.9 Å². The predicted molar refractivity (Wildman–Crippen MR) is 118 cm³/mol. The van der Waals surface area contributed by atoms with Gasteiger partial charge in [0.15, 0.2) is 0 Å². The van der Waals surface area contributed by atoms with Crippen LogP contribution in [0.4, 0.5) is 0 Å². The number of ether oxygens (including phenoxy) is 1. The molecule has 0 saturated carbocycles. The molecule has 7 heterocycles. The monoisotopic (exact) mass is 418 g/mol. The molecular formula is C25H44N3O2+. The highest BCUT2D eigenvalue weighted by atomic mass is 16.5. The second kappa shape index (κ2) is 7.69. The van der Waals surface area contributed by atoms with Crippen molar-refractivity contribution in [1.82, 2.24) is 9.80 Å². The molecule has 0 spiro atoms. The van der Waals surface area contributed by atoms with E-state index in [0.717, 1.165) is 49.7 Å². The molecule has 7 aliphatic heterocycles. The summed E-state index contributed by atoms with van der Waals surface area (Å²) >= 11 is 0. The van der Waals surface area contributed by atoms with Gasteiger partial charge in [0.05, 0.1) is 26.2 Å². The van der Waals surface area contributed by atoms with Crippen molar-refractivity contribution in [2.24, 2.45) is 23.7 Å². The van der Waals surface area contributed by atoms with Gasteiger partial charge in [0.25, 0.3) is 0 Å². The molecule has 0 amide bonds. The lowest BCUT2D eigenvalue weighted by atomic mass is 9.77. The number of hydrogen-bond acceptors (Lipinski definition) is 4. The fourth-order valence-electron chi connectivity index (χ4n) is 8.84. The number of hydrogen-bond donors (Lipinski definition) is 1. The minimum atomic E-state index is -0.0974. The third-order valence-corrected chi connectivity index (χ3v) is 10.7. The zero-order chi connectivity index (χ0) is 20.5. The number of likely N-dealkylation sites (N-methyl/N-ethyl adjacent to an activating group) is 1. The molecule has 0 aromatic heterocycles. The van der Waals surface area contributed by atoms with Crippen LogP contribution in [0.25, 0.3) is 0 Å². The SMILES string of the molecule is C[N+]1(C)C2CCC(OC3CC4CN3CCC4O)C1CC2CC1CCN2CCC1CC2. The molecule has 170 valence electrons. The predicted octanol–water partition coefficient (Wildman–Crippen LogP) is 2.53. The van der Waals surface area contributed by atoms with Crippen LogP contribution < -0.4 is 0 Å². The fourth-order valence-corrected chi connectivity index (χ4v) is 8.84.